The number of hydrogen-bond donors (Lipinski definition) is 3. The minimum absolute atomic E-state index is 0.0750. The van der Waals surface area contributed by atoms with E-state index in [4.69, 9.17) is 4.74 Å². The van der Waals surface area contributed by atoms with Crippen LogP contribution in [0.25, 0.3) is 0 Å². The molecule has 0 aliphatic heterocycles. The van der Waals surface area contributed by atoms with E-state index in [0.29, 0.717) is 11.6 Å². The van der Waals surface area contributed by atoms with E-state index in [2.05, 4.69) is 25.9 Å². The van der Waals surface area contributed by atoms with Crippen molar-refractivity contribution >= 4 is 34.6 Å². The topological polar surface area (TPSA) is 88.2 Å². The molecule has 7 heteroatoms. The lowest BCUT2D eigenvalue weighted by atomic mass is 10.2. The molecule has 0 aliphatic carbocycles. The molecule has 1 aromatic heterocycles. The molecule has 2 aromatic carbocycles. The number of rotatable bonds is 7. The highest BCUT2D eigenvalue weighted by Gasteiger charge is 2.07. The summed E-state index contributed by atoms with van der Waals surface area (Å²) in [7, 11) is 0. The summed E-state index contributed by atoms with van der Waals surface area (Å²) in [5.74, 6) is 1.95. The molecule has 0 bridgehead atoms. The second-order valence-corrected chi connectivity index (χ2v) is 6.46. The molecule has 0 saturated carbocycles. The molecular weight excluding hydrogens is 354 g/mol. The van der Waals surface area contributed by atoms with Crippen LogP contribution in [-0.4, -0.2) is 22.0 Å². The van der Waals surface area contributed by atoms with Crippen LogP contribution in [0.15, 0.2) is 60.9 Å². The summed E-state index contributed by atoms with van der Waals surface area (Å²) >= 11 is 0. The van der Waals surface area contributed by atoms with Crippen molar-refractivity contribution in [2.75, 3.05) is 16.0 Å². The molecule has 0 unspecified atom stereocenters. The van der Waals surface area contributed by atoms with Gasteiger partial charge in [-0.25, -0.2) is 9.97 Å². The highest BCUT2D eigenvalue weighted by atomic mass is 16.5. The summed E-state index contributed by atoms with van der Waals surface area (Å²) in [5.41, 5.74) is 2.42. The molecule has 1 amide bonds. The molecule has 7 nitrogen and oxygen atoms in total. The van der Waals surface area contributed by atoms with Crippen LogP contribution in [0.3, 0.4) is 0 Å². The fourth-order valence-corrected chi connectivity index (χ4v) is 2.55. The molecule has 0 saturated heterocycles. The molecular formula is C21H23N5O2. The lowest BCUT2D eigenvalue weighted by molar-refractivity contribution is -0.114. The van der Waals surface area contributed by atoms with Gasteiger partial charge in [0.2, 0.25) is 5.91 Å². The standard InChI is InChI=1S/C21H23N5O2/c1-14(2)28-19-7-5-4-6-18(19)26-21-12-20(22-13-23-21)25-17-10-8-16(9-11-17)24-15(3)27/h4-14H,1-3H3,(H,24,27)(H2,22,23,25,26). The minimum Gasteiger partial charge on any atom is -0.489 e. The van der Waals surface area contributed by atoms with Crippen molar-refractivity contribution in [2.24, 2.45) is 0 Å². The van der Waals surface area contributed by atoms with Crippen molar-refractivity contribution in [3.05, 3.63) is 60.9 Å². The number of para-hydroxylation sites is 2. The number of nitrogens with zero attached hydrogens (tertiary/aromatic N) is 2. The third-order valence-corrected chi connectivity index (χ3v) is 3.66. The van der Waals surface area contributed by atoms with Crippen molar-refractivity contribution in [3.63, 3.8) is 0 Å². The predicted molar refractivity (Wildman–Crippen MR) is 112 cm³/mol. The monoisotopic (exact) mass is 377 g/mol. The first-order valence-electron chi connectivity index (χ1n) is 8.99. The van der Waals surface area contributed by atoms with Crippen LogP contribution in [0.4, 0.5) is 28.7 Å². The zero-order chi connectivity index (χ0) is 19.9. The fraction of sp³-hybridized carbons (Fsp3) is 0.190. The molecule has 0 spiro atoms. The fourth-order valence-electron chi connectivity index (χ4n) is 2.55. The quantitative estimate of drug-likeness (QED) is 0.553. The Kier molecular flexibility index (Phi) is 6.06. The van der Waals surface area contributed by atoms with Gasteiger partial charge >= 0.3 is 0 Å². The number of amides is 1. The Balaban J connectivity index is 1.72. The molecule has 0 aliphatic rings. The molecule has 144 valence electrons. The van der Waals surface area contributed by atoms with Crippen LogP contribution in [0.5, 0.6) is 5.75 Å². The van der Waals surface area contributed by atoms with Crippen molar-refractivity contribution < 1.29 is 9.53 Å². The van der Waals surface area contributed by atoms with Crippen LogP contribution in [-0.2, 0) is 4.79 Å². The molecule has 0 radical (unpaired) electrons. The molecule has 0 atom stereocenters. The van der Waals surface area contributed by atoms with E-state index in [1.807, 2.05) is 68.4 Å². The number of carbonyl (C=O) groups is 1. The molecule has 0 fully saturated rings. The summed E-state index contributed by atoms with van der Waals surface area (Å²) in [5, 5.41) is 9.23. The first-order valence-corrected chi connectivity index (χ1v) is 8.99. The van der Waals surface area contributed by atoms with Crippen LogP contribution >= 0.6 is 0 Å². The van der Waals surface area contributed by atoms with E-state index >= 15 is 0 Å². The number of ether oxygens (including phenoxy) is 1. The summed E-state index contributed by atoms with van der Waals surface area (Å²) in [4.78, 5) is 19.6. The largest absolute Gasteiger partial charge is 0.489 e. The van der Waals surface area contributed by atoms with Crippen molar-refractivity contribution in [3.8, 4) is 5.75 Å². The van der Waals surface area contributed by atoms with Crippen molar-refractivity contribution in [1.29, 1.82) is 0 Å². The Morgan fingerprint density at radius 1 is 0.929 bits per heavy atom. The van der Waals surface area contributed by atoms with Gasteiger partial charge in [0.25, 0.3) is 0 Å². The molecule has 3 rings (SSSR count). The SMILES string of the molecule is CC(=O)Nc1ccc(Nc2cc(Nc3ccccc3OC(C)C)ncn2)cc1. The van der Waals surface area contributed by atoms with Gasteiger partial charge in [-0.1, -0.05) is 12.1 Å². The van der Waals surface area contributed by atoms with Crippen LogP contribution in [0.2, 0.25) is 0 Å². The van der Waals surface area contributed by atoms with Crippen LogP contribution in [0.1, 0.15) is 20.8 Å². The summed E-state index contributed by atoms with van der Waals surface area (Å²) < 4.78 is 5.83. The van der Waals surface area contributed by atoms with E-state index < -0.39 is 0 Å². The zero-order valence-electron chi connectivity index (χ0n) is 16.1. The smallest absolute Gasteiger partial charge is 0.221 e. The number of aromatic nitrogens is 2. The Labute approximate surface area is 164 Å². The highest BCUT2D eigenvalue weighted by molar-refractivity contribution is 5.88. The molecule has 3 aromatic rings. The number of nitrogens with one attached hydrogen (secondary N) is 3. The van der Waals surface area contributed by atoms with Crippen LogP contribution < -0.4 is 20.7 Å². The third kappa shape index (κ3) is 5.44. The third-order valence-electron chi connectivity index (χ3n) is 3.66. The number of carbonyl (C=O) groups excluding carboxylic acids is 1. The van der Waals surface area contributed by atoms with E-state index in [1.165, 1.54) is 13.3 Å². The maximum Gasteiger partial charge on any atom is 0.221 e. The average molecular weight is 377 g/mol. The summed E-state index contributed by atoms with van der Waals surface area (Å²) in [6.45, 7) is 5.45. The van der Waals surface area contributed by atoms with Gasteiger partial charge < -0.3 is 20.7 Å². The second-order valence-electron chi connectivity index (χ2n) is 6.46. The van der Waals surface area contributed by atoms with Crippen molar-refractivity contribution in [2.45, 2.75) is 26.9 Å². The van der Waals surface area contributed by atoms with Gasteiger partial charge in [0, 0.05) is 24.4 Å². The molecule has 3 N–H and O–H groups in total. The van der Waals surface area contributed by atoms with Gasteiger partial charge in [-0.15, -0.1) is 0 Å². The zero-order valence-corrected chi connectivity index (χ0v) is 16.1. The van der Waals surface area contributed by atoms with Gasteiger partial charge in [0.05, 0.1) is 11.8 Å². The van der Waals surface area contributed by atoms with Crippen molar-refractivity contribution in [1.82, 2.24) is 9.97 Å². The Hall–Kier alpha value is -3.61. The maximum absolute atomic E-state index is 11.1. The van der Waals surface area contributed by atoms with E-state index in [9.17, 15) is 4.79 Å². The predicted octanol–water partition coefficient (Wildman–Crippen LogP) is 4.71. The number of anilines is 5. The van der Waals surface area contributed by atoms with E-state index in [1.54, 1.807) is 0 Å². The van der Waals surface area contributed by atoms with Gasteiger partial charge in [-0.3, -0.25) is 4.79 Å². The van der Waals surface area contributed by atoms with Gasteiger partial charge in [-0.2, -0.15) is 0 Å². The summed E-state index contributed by atoms with van der Waals surface area (Å²) in [6, 6.07) is 16.9. The molecule has 1 heterocycles. The average Bonchev–Trinajstić information content (AvgIpc) is 2.64. The Morgan fingerprint density at radius 2 is 1.57 bits per heavy atom. The van der Waals surface area contributed by atoms with Gasteiger partial charge in [0.1, 0.15) is 23.7 Å². The van der Waals surface area contributed by atoms with E-state index in [-0.39, 0.29) is 12.0 Å². The second kappa shape index (κ2) is 8.85. The molecule has 28 heavy (non-hydrogen) atoms. The first kappa shape index (κ1) is 19.2. The number of hydrogen-bond acceptors (Lipinski definition) is 6. The lowest BCUT2D eigenvalue weighted by Gasteiger charge is -2.15. The normalized spacial score (nSPS) is 10.4. The van der Waals surface area contributed by atoms with Crippen LogP contribution in [0, 0.1) is 0 Å². The maximum atomic E-state index is 11.1. The lowest BCUT2D eigenvalue weighted by Crippen LogP contribution is -2.07. The minimum atomic E-state index is -0.103. The Bertz CT molecular complexity index is 942. The van der Waals surface area contributed by atoms with E-state index in [0.717, 1.165) is 22.8 Å². The highest BCUT2D eigenvalue weighted by Crippen LogP contribution is 2.28. The summed E-state index contributed by atoms with van der Waals surface area (Å²) in [6.07, 6.45) is 1.56. The van der Waals surface area contributed by atoms with Gasteiger partial charge in [0.15, 0.2) is 0 Å². The number of benzene rings is 2. The Morgan fingerprint density at radius 3 is 2.25 bits per heavy atom. The van der Waals surface area contributed by atoms with Gasteiger partial charge in [-0.05, 0) is 50.2 Å². The first-order chi connectivity index (χ1) is 13.5.